The van der Waals surface area contributed by atoms with Crippen molar-refractivity contribution < 1.29 is 26.4 Å². The summed E-state index contributed by atoms with van der Waals surface area (Å²) >= 11 is 7.12. The maximum Gasteiger partial charge on any atom is 0.314 e. The predicted octanol–water partition coefficient (Wildman–Crippen LogP) is 3.24. The van der Waals surface area contributed by atoms with Crippen LogP contribution < -0.4 is 4.31 Å². The summed E-state index contributed by atoms with van der Waals surface area (Å²) in [5.74, 6) is -0.987. The second kappa shape index (κ2) is 11.0. The zero-order chi connectivity index (χ0) is 24.1. The van der Waals surface area contributed by atoms with E-state index in [0.29, 0.717) is 41.8 Å². The highest BCUT2D eigenvalue weighted by Crippen LogP contribution is 2.30. The molecule has 10 nitrogen and oxygen atoms in total. The van der Waals surface area contributed by atoms with Crippen molar-refractivity contribution in [2.45, 2.75) is 19.4 Å². The summed E-state index contributed by atoms with van der Waals surface area (Å²) in [6.45, 7) is 3.36. The van der Waals surface area contributed by atoms with Crippen molar-refractivity contribution in [3.8, 4) is 10.8 Å². The first-order chi connectivity index (χ1) is 16.3. The van der Waals surface area contributed by atoms with Crippen molar-refractivity contribution in [1.82, 2.24) is 25.1 Å². The zero-order valence-electron chi connectivity index (χ0n) is 17.8. The molecule has 0 saturated carbocycles. The fourth-order valence-electron chi connectivity index (χ4n) is 3.32. The molecule has 0 unspecified atom stereocenters. The highest BCUT2D eigenvalue weighted by Gasteiger charge is 2.26. The Morgan fingerprint density at radius 3 is 2.71 bits per heavy atom. The molecule has 0 radical (unpaired) electrons. The number of sulfonamides is 1. The molecular weight excluding hydrogens is 514 g/mol. The molecule has 4 heterocycles. The van der Waals surface area contributed by atoms with Gasteiger partial charge in [0.1, 0.15) is 9.88 Å². The van der Waals surface area contributed by atoms with Crippen LogP contribution in [-0.2, 0) is 21.3 Å². The van der Waals surface area contributed by atoms with Gasteiger partial charge in [-0.1, -0.05) is 11.6 Å². The molecule has 0 N–H and O–H groups in total. The molecule has 4 rings (SSSR count). The molecule has 34 heavy (non-hydrogen) atoms. The third kappa shape index (κ3) is 6.24. The van der Waals surface area contributed by atoms with E-state index in [-0.39, 0.29) is 23.2 Å². The highest BCUT2D eigenvalue weighted by atomic mass is 35.5. The number of hydrogen-bond donors (Lipinski definition) is 0. The van der Waals surface area contributed by atoms with Gasteiger partial charge in [-0.3, -0.25) is 14.2 Å². The van der Waals surface area contributed by atoms with Gasteiger partial charge in [0.15, 0.2) is 0 Å². The molecule has 1 aliphatic heterocycles. The second-order valence-corrected chi connectivity index (χ2v) is 10.9. The monoisotopic (exact) mass is 534 g/mol. The number of morpholine rings is 1. The molecule has 3 aromatic rings. The smallest absolute Gasteiger partial charge is 0.314 e. The van der Waals surface area contributed by atoms with E-state index in [1.807, 2.05) is 0 Å². The van der Waals surface area contributed by atoms with E-state index in [1.165, 1.54) is 29.0 Å². The van der Waals surface area contributed by atoms with Gasteiger partial charge in [-0.2, -0.15) is 8.78 Å². The number of ether oxygens (including phenoxy) is 1. The first-order valence-corrected chi connectivity index (χ1v) is 13.1. The Morgan fingerprint density at radius 1 is 1.21 bits per heavy atom. The standard InChI is InChI=1S/C19H21ClF2N6O4S2/c20-13-8-14(10-23-9-13)28(34(29,30)7-1-2-27-3-5-31-6-4-27)12-16-24-11-15(33-16)18-25-26-19(32-18)17(21)22/h8-11,17H,1-7,12H2. The Bertz CT molecular complexity index is 1200. The minimum Gasteiger partial charge on any atom is -0.414 e. The van der Waals surface area contributed by atoms with Crippen molar-refractivity contribution in [3.63, 3.8) is 0 Å². The van der Waals surface area contributed by atoms with Gasteiger partial charge in [-0.15, -0.1) is 21.5 Å². The molecule has 0 atom stereocenters. The molecule has 1 saturated heterocycles. The Kier molecular flexibility index (Phi) is 8.03. The minimum absolute atomic E-state index is 0.0868. The van der Waals surface area contributed by atoms with Crippen molar-refractivity contribution in [1.29, 1.82) is 0 Å². The summed E-state index contributed by atoms with van der Waals surface area (Å²) in [5.41, 5.74) is 0.299. The molecule has 0 aliphatic carbocycles. The van der Waals surface area contributed by atoms with E-state index in [0.717, 1.165) is 24.4 Å². The lowest BCUT2D eigenvalue weighted by molar-refractivity contribution is 0.0381. The molecule has 1 aliphatic rings. The van der Waals surface area contributed by atoms with Crippen molar-refractivity contribution in [3.05, 3.63) is 40.6 Å². The Labute approximate surface area is 203 Å². The van der Waals surface area contributed by atoms with E-state index in [1.54, 1.807) is 0 Å². The van der Waals surface area contributed by atoms with Crippen LogP contribution in [-0.4, -0.2) is 72.1 Å². The van der Waals surface area contributed by atoms with Crippen LogP contribution in [0.25, 0.3) is 10.8 Å². The Hall–Kier alpha value is -2.26. The third-order valence-corrected chi connectivity index (χ3v) is 7.96. The lowest BCUT2D eigenvalue weighted by Crippen LogP contribution is -2.38. The van der Waals surface area contributed by atoms with Gasteiger partial charge in [0.05, 0.1) is 48.6 Å². The van der Waals surface area contributed by atoms with Crippen molar-refractivity contribution in [2.24, 2.45) is 0 Å². The Balaban J connectivity index is 1.51. The summed E-state index contributed by atoms with van der Waals surface area (Å²) in [6, 6.07) is 1.51. The van der Waals surface area contributed by atoms with Crippen LogP contribution in [0.3, 0.4) is 0 Å². The van der Waals surface area contributed by atoms with Gasteiger partial charge in [-0.25, -0.2) is 13.4 Å². The van der Waals surface area contributed by atoms with E-state index in [4.69, 9.17) is 20.8 Å². The number of alkyl halides is 2. The number of hydrogen-bond acceptors (Lipinski definition) is 10. The van der Waals surface area contributed by atoms with Gasteiger partial charge < -0.3 is 9.15 Å². The summed E-state index contributed by atoms with van der Waals surface area (Å²) < 4.78 is 63.6. The van der Waals surface area contributed by atoms with E-state index in [9.17, 15) is 17.2 Å². The molecule has 0 amide bonds. The van der Waals surface area contributed by atoms with Crippen molar-refractivity contribution >= 4 is 38.6 Å². The number of pyridine rings is 1. The first-order valence-electron chi connectivity index (χ1n) is 10.3. The summed E-state index contributed by atoms with van der Waals surface area (Å²) in [6.07, 6.45) is 1.75. The maximum absolute atomic E-state index is 13.3. The molecule has 0 aromatic carbocycles. The lowest BCUT2D eigenvalue weighted by Gasteiger charge is -2.27. The normalized spacial score (nSPS) is 15.2. The summed E-state index contributed by atoms with van der Waals surface area (Å²) in [4.78, 5) is 10.7. The SMILES string of the molecule is O=S(=O)(CCCN1CCOCC1)N(Cc1ncc(-c2nnc(C(F)F)o2)s1)c1cncc(Cl)c1. The third-order valence-electron chi connectivity index (χ3n) is 4.97. The van der Waals surface area contributed by atoms with Gasteiger partial charge in [0, 0.05) is 19.3 Å². The molecule has 0 spiro atoms. The van der Waals surface area contributed by atoms with E-state index in [2.05, 4.69) is 25.1 Å². The minimum atomic E-state index is -3.76. The van der Waals surface area contributed by atoms with E-state index >= 15 is 0 Å². The average molecular weight is 535 g/mol. The number of nitrogens with zero attached hydrogens (tertiary/aromatic N) is 6. The van der Waals surface area contributed by atoms with Crippen LogP contribution in [0.15, 0.2) is 29.1 Å². The highest BCUT2D eigenvalue weighted by molar-refractivity contribution is 7.92. The fourth-order valence-corrected chi connectivity index (χ4v) is 5.85. The topological polar surface area (TPSA) is 115 Å². The number of halogens is 3. The van der Waals surface area contributed by atoms with E-state index < -0.39 is 22.3 Å². The number of rotatable bonds is 10. The molecule has 3 aromatic heterocycles. The number of aromatic nitrogens is 4. The first kappa shape index (κ1) is 24.9. The number of anilines is 1. The van der Waals surface area contributed by atoms with Crippen molar-refractivity contribution in [2.75, 3.05) is 42.9 Å². The number of thiazole rings is 1. The predicted molar refractivity (Wildman–Crippen MR) is 121 cm³/mol. The lowest BCUT2D eigenvalue weighted by atomic mass is 10.4. The van der Waals surface area contributed by atoms with Crippen LogP contribution in [0.2, 0.25) is 5.02 Å². The van der Waals surface area contributed by atoms with Gasteiger partial charge in [-0.05, 0) is 19.0 Å². The molecule has 1 fully saturated rings. The zero-order valence-corrected chi connectivity index (χ0v) is 20.2. The molecule has 184 valence electrons. The maximum atomic E-state index is 13.3. The Morgan fingerprint density at radius 2 is 2.00 bits per heavy atom. The molecule has 0 bridgehead atoms. The van der Waals surface area contributed by atoms with Crippen LogP contribution >= 0.6 is 22.9 Å². The van der Waals surface area contributed by atoms with Crippen LogP contribution in [0.4, 0.5) is 14.5 Å². The average Bonchev–Trinajstić information content (AvgIpc) is 3.48. The fraction of sp³-hybridized carbons (Fsp3) is 0.474. The van der Waals surface area contributed by atoms with Gasteiger partial charge in [0.2, 0.25) is 10.0 Å². The van der Waals surface area contributed by atoms with Gasteiger partial charge >= 0.3 is 6.43 Å². The molecule has 15 heteroatoms. The molecular formula is C19H21ClF2N6O4S2. The largest absolute Gasteiger partial charge is 0.414 e. The summed E-state index contributed by atoms with van der Waals surface area (Å²) in [7, 11) is -3.76. The van der Waals surface area contributed by atoms with Crippen LogP contribution in [0.5, 0.6) is 0 Å². The van der Waals surface area contributed by atoms with Gasteiger partial charge in [0.25, 0.3) is 11.8 Å². The summed E-state index contributed by atoms with van der Waals surface area (Å²) in [5, 5.41) is 7.60. The van der Waals surface area contributed by atoms with Crippen LogP contribution in [0.1, 0.15) is 23.7 Å². The van der Waals surface area contributed by atoms with Crippen LogP contribution in [0, 0.1) is 0 Å². The second-order valence-electron chi connectivity index (χ2n) is 7.36. The quantitative estimate of drug-likeness (QED) is 0.386.